The lowest BCUT2D eigenvalue weighted by molar-refractivity contribution is -0.139. The molecule has 0 aliphatic rings. The minimum Gasteiger partial charge on any atom is -0.384 e. The predicted octanol–water partition coefficient (Wildman–Crippen LogP) is 3.30. The standard InChI is InChI=1S/C25H26N2O3/c1-18-8-10-19(11-9-18)16-26-23(28)24(29)27-17-25(2,30)22-14-12-21(13-15-22)20-6-4-3-5-7-20/h3-15,30H,16-17H2,1-2H3,(H,26,28)(H,27,29). The van der Waals surface area contributed by atoms with E-state index in [-0.39, 0.29) is 13.1 Å². The topological polar surface area (TPSA) is 78.4 Å². The summed E-state index contributed by atoms with van der Waals surface area (Å²) in [5.74, 6) is -1.51. The zero-order valence-electron chi connectivity index (χ0n) is 17.2. The molecule has 0 aliphatic heterocycles. The van der Waals surface area contributed by atoms with Gasteiger partial charge in [-0.05, 0) is 36.1 Å². The number of aliphatic hydroxyl groups is 1. The van der Waals surface area contributed by atoms with Crippen molar-refractivity contribution < 1.29 is 14.7 Å². The SMILES string of the molecule is Cc1ccc(CNC(=O)C(=O)NCC(C)(O)c2ccc(-c3ccccc3)cc2)cc1. The van der Waals surface area contributed by atoms with Crippen molar-refractivity contribution in [2.24, 2.45) is 0 Å². The predicted molar refractivity (Wildman–Crippen MR) is 117 cm³/mol. The molecule has 0 saturated heterocycles. The average Bonchev–Trinajstić information content (AvgIpc) is 2.77. The van der Waals surface area contributed by atoms with Crippen LogP contribution in [0.25, 0.3) is 11.1 Å². The van der Waals surface area contributed by atoms with E-state index in [0.717, 1.165) is 22.3 Å². The van der Waals surface area contributed by atoms with E-state index >= 15 is 0 Å². The van der Waals surface area contributed by atoms with Crippen LogP contribution in [0.5, 0.6) is 0 Å². The lowest BCUT2D eigenvalue weighted by atomic mass is 9.93. The lowest BCUT2D eigenvalue weighted by Gasteiger charge is -2.24. The minimum atomic E-state index is -1.30. The van der Waals surface area contributed by atoms with Crippen molar-refractivity contribution in [3.8, 4) is 11.1 Å². The highest BCUT2D eigenvalue weighted by Crippen LogP contribution is 2.24. The van der Waals surface area contributed by atoms with Crippen LogP contribution in [0.2, 0.25) is 0 Å². The van der Waals surface area contributed by atoms with Gasteiger partial charge in [0.2, 0.25) is 0 Å². The molecule has 0 heterocycles. The number of amides is 2. The first kappa shape index (κ1) is 21.3. The lowest BCUT2D eigenvalue weighted by Crippen LogP contribution is -2.45. The van der Waals surface area contributed by atoms with Crippen LogP contribution < -0.4 is 10.6 Å². The summed E-state index contributed by atoms with van der Waals surface area (Å²) < 4.78 is 0. The summed E-state index contributed by atoms with van der Waals surface area (Å²) in [4.78, 5) is 24.1. The summed E-state index contributed by atoms with van der Waals surface area (Å²) in [6.07, 6.45) is 0. The maximum Gasteiger partial charge on any atom is 0.309 e. The summed E-state index contributed by atoms with van der Waals surface area (Å²) in [6.45, 7) is 3.78. The van der Waals surface area contributed by atoms with Gasteiger partial charge < -0.3 is 15.7 Å². The Bertz CT molecular complexity index is 995. The molecule has 3 rings (SSSR count). The zero-order chi connectivity index (χ0) is 21.6. The van der Waals surface area contributed by atoms with Gasteiger partial charge >= 0.3 is 11.8 Å². The maximum absolute atomic E-state index is 12.1. The van der Waals surface area contributed by atoms with Gasteiger partial charge in [-0.3, -0.25) is 9.59 Å². The maximum atomic E-state index is 12.1. The highest BCUT2D eigenvalue weighted by Gasteiger charge is 2.25. The van der Waals surface area contributed by atoms with Gasteiger partial charge in [0.25, 0.3) is 0 Å². The van der Waals surface area contributed by atoms with E-state index in [0.29, 0.717) is 5.56 Å². The van der Waals surface area contributed by atoms with Gasteiger partial charge in [-0.2, -0.15) is 0 Å². The summed E-state index contributed by atoms with van der Waals surface area (Å²) in [7, 11) is 0. The van der Waals surface area contributed by atoms with Gasteiger partial charge in [0.05, 0.1) is 6.54 Å². The molecule has 3 aromatic carbocycles. The molecule has 0 aliphatic carbocycles. The van der Waals surface area contributed by atoms with Crippen LogP contribution in [0.3, 0.4) is 0 Å². The number of carbonyl (C=O) groups excluding carboxylic acids is 2. The first-order valence-corrected chi connectivity index (χ1v) is 9.85. The van der Waals surface area contributed by atoms with Crippen molar-refractivity contribution >= 4 is 11.8 Å². The van der Waals surface area contributed by atoms with E-state index in [1.807, 2.05) is 85.8 Å². The second kappa shape index (κ2) is 9.37. The number of carbonyl (C=O) groups is 2. The summed E-state index contributed by atoms with van der Waals surface area (Å²) in [5.41, 5.74) is 3.51. The Morgan fingerprint density at radius 3 is 2.00 bits per heavy atom. The fraction of sp³-hybridized carbons (Fsp3) is 0.200. The Kier molecular flexibility index (Phi) is 6.65. The van der Waals surface area contributed by atoms with Crippen LogP contribution in [0.1, 0.15) is 23.6 Å². The van der Waals surface area contributed by atoms with Gasteiger partial charge in [-0.25, -0.2) is 0 Å². The smallest absolute Gasteiger partial charge is 0.309 e. The number of benzene rings is 3. The third-order valence-electron chi connectivity index (χ3n) is 4.99. The summed E-state index contributed by atoms with van der Waals surface area (Å²) >= 11 is 0. The minimum absolute atomic E-state index is 0.0749. The molecular formula is C25H26N2O3. The number of nitrogens with one attached hydrogen (secondary N) is 2. The molecule has 0 radical (unpaired) electrons. The van der Waals surface area contributed by atoms with E-state index in [9.17, 15) is 14.7 Å². The molecule has 0 aromatic heterocycles. The largest absolute Gasteiger partial charge is 0.384 e. The zero-order valence-corrected chi connectivity index (χ0v) is 17.2. The molecule has 5 nitrogen and oxygen atoms in total. The van der Waals surface area contributed by atoms with Gasteiger partial charge in [-0.15, -0.1) is 0 Å². The number of hydrogen-bond acceptors (Lipinski definition) is 3. The number of hydrogen-bond donors (Lipinski definition) is 3. The third-order valence-corrected chi connectivity index (χ3v) is 4.99. The number of rotatable bonds is 6. The summed E-state index contributed by atoms with van der Waals surface area (Å²) in [6, 6.07) is 25.1. The normalized spacial score (nSPS) is 12.6. The molecule has 0 saturated carbocycles. The second-order valence-corrected chi connectivity index (χ2v) is 7.57. The van der Waals surface area contributed by atoms with Crippen LogP contribution in [0.4, 0.5) is 0 Å². The van der Waals surface area contributed by atoms with Crippen molar-refractivity contribution in [3.63, 3.8) is 0 Å². The molecule has 0 fully saturated rings. The Balaban J connectivity index is 1.53. The Morgan fingerprint density at radius 2 is 1.37 bits per heavy atom. The van der Waals surface area contributed by atoms with Crippen LogP contribution in [0.15, 0.2) is 78.9 Å². The van der Waals surface area contributed by atoms with E-state index in [1.165, 1.54) is 0 Å². The van der Waals surface area contributed by atoms with Crippen LogP contribution in [-0.2, 0) is 21.7 Å². The summed E-state index contributed by atoms with van der Waals surface area (Å²) in [5, 5.41) is 15.9. The van der Waals surface area contributed by atoms with E-state index in [2.05, 4.69) is 10.6 Å². The Labute approximate surface area is 176 Å². The van der Waals surface area contributed by atoms with E-state index in [4.69, 9.17) is 0 Å². The molecule has 0 bridgehead atoms. The van der Waals surface area contributed by atoms with E-state index < -0.39 is 17.4 Å². The fourth-order valence-electron chi connectivity index (χ4n) is 3.06. The Hall–Kier alpha value is -3.44. The molecule has 5 heteroatoms. The molecule has 154 valence electrons. The van der Waals surface area contributed by atoms with Gasteiger partial charge in [0.15, 0.2) is 0 Å². The second-order valence-electron chi connectivity index (χ2n) is 7.57. The Morgan fingerprint density at radius 1 is 0.800 bits per heavy atom. The molecule has 30 heavy (non-hydrogen) atoms. The fourth-order valence-corrected chi connectivity index (χ4v) is 3.06. The van der Waals surface area contributed by atoms with Crippen molar-refractivity contribution in [2.45, 2.75) is 26.0 Å². The van der Waals surface area contributed by atoms with Crippen LogP contribution >= 0.6 is 0 Å². The molecule has 1 atom stereocenters. The highest BCUT2D eigenvalue weighted by atomic mass is 16.3. The van der Waals surface area contributed by atoms with Crippen molar-refractivity contribution in [1.82, 2.24) is 10.6 Å². The monoisotopic (exact) mass is 402 g/mol. The first-order chi connectivity index (χ1) is 14.3. The average molecular weight is 402 g/mol. The number of aryl methyl sites for hydroxylation is 1. The van der Waals surface area contributed by atoms with E-state index in [1.54, 1.807) is 6.92 Å². The highest BCUT2D eigenvalue weighted by molar-refractivity contribution is 6.35. The third kappa shape index (κ3) is 5.55. The van der Waals surface area contributed by atoms with Gasteiger partial charge in [-0.1, -0.05) is 84.4 Å². The molecule has 0 spiro atoms. The molecule has 1 unspecified atom stereocenters. The molecule has 3 aromatic rings. The van der Waals surface area contributed by atoms with Gasteiger partial charge in [0.1, 0.15) is 5.60 Å². The van der Waals surface area contributed by atoms with Crippen LogP contribution in [0, 0.1) is 6.92 Å². The van der Waals surface area contributed by atoms with Gasteiger partial charge in [0, 0.05) is 6.54 Å². The molecule has 3 N–H and O–H groups in total. The van der Waals surface area contributed by atoms with Crippen LogP contribution in [-0.4, -0.2) is 23.5 Å². The van der Waals surface area contributed by atoms with Crippen molar-refractivity contribution in [1.29, 1.82) is 0 Å². The quantitative estimate of drug-likeness (QED) is 0.554. The molecular weight excluding hydrogens is 376 g/mol. The molecule has 2 amide bonds. The van der Waals surface area contributed by atoms with Crippen molar-refractivity contribution in [3.05, 3.63) is 95.6 Å². The first-order valence-electron chi connectivity index (χ1n) is 9.85. The van der Waals surface area contributed by atoms with Crippen molar-refractivity contribution in [2.75, 3.05) is 6.54 Å².